The van der Waals surface area contributed by atoms with Gasteiger partial charge in [-0.15, -0.1) is 0 Å². The third-order valence-electron chi connectivity index (χ3n) is 6.36. The molecule has 0 aromatic heterocycles. The van der Waals surface area contributed by atoms with Crippen LogP contribution in [0.1, 0.15) is 48.5 Å². The van der Waals surface area contributed by atoms with Crippen molar-refractivity contribution in [2.24, 2.45) is 0 Å². The Kier molecular flexibility index (Phi) is 7.47. The van der Waals surface area contributed by atoms with Crippen molar-refractivity contribution in [3.63, 3.8) is 0 Å². The van der Waals surface area contributed by atoms with Crippen LogP contribution in [0.25, 0.3) is 0 Å². The molecule has 3 atom stereocenters. The molecule has 34 heavy (non-hydrogen) atoms. The highest BCUT2D eigenvalue weighted by Gasteiger charge is 2.39. The van der Waals surface area contributed by atoms with Gasteiger partial charge < -0.3 is 25.0 Å². The minimum atomic E-state index is -0.331. The summed E-state index contributed by atoms with van der Waals surface area (Å²) in [5, 5.41) is 5.73. The molecule has 0 bridgehead atoms. The van der Waals surface area contributed by atoms with Gasteiger partial charge in [-0.3, -0.25) is 14.4 Å². The molecule has 0 saturated carbocycles. The Balaban J connectivity index is 1.39. The third-order valence-corrected chi connectivity index (χ3v) is 6.36. The van der Waals surface area contributed by atoms with Crippen molar-refractivity contribution in [1.29, 1.82) is 0 Å². The van der Waals surface area contributed by atoms with E-state index in [9.17, 15) is 14.4 Å². The number of benzene rings is 2. The molecule has 4 rings (SSSR count). The van der Waals surface area contributed by atoms with Crippen LogP contribution < -0.4 is 15.4 Å². The van der Waals surface area contributed by atoms with Crippen LogP contribution in [-0.2, 0) is 20.9 Å². The van der Waals surface area contributed by atoms with Crippen LogP contribution in [-0.4, -0.2) is 54.5 Å². The van der Waals surface area contributed by atoms with Crippen molar-refractivity contribution in [1.82, 2.24) is 10.2 Å². The standard InChI is InChI=1S/C26H31N3O5/c1-3-24(30)28-18-9-12-22-20(13-18)26(32)29(2)21-11-10-19(34-23(21)16-33-22)14-25(31)27-15-17-7-5-4-6-8-17/h4-9,12-13,19,21,23H,3,10-11,14-16H2,1-2H3,(H,27,31)(H,28,30)/t19-,21+,23+/m1/s1. The van der Waals surface area contributed by atoms with Gasteiger partial charge in [0.2, 0.25) is 11.8 Å². The van der Waals surface area contributed by atoms with Gasteiger partial charge in [0.05, 0.1) is 24.1 Å². The van der Waals surface area contributed by atoms with Crippen molar-refractivity contribution >= 4 is 23.4 Å². The summed E-state index contributed by atoms with van der Waals surface area (Å²) in [6.45, 7) is 2.53. The molecule has 2 aromatic carbocycles. The lowest BCUT2D eigenvalue weighted by Gasteiger charge is -2.42. The van der Waals surface area contributed by atoms with E-state index in [1.807, 2.05) is 30.3 Å². The summed E-state index contributed by atoms with van der Waals surface area (Å²) in [6.07, 6.45) is 1.46. The summed E-state index contributed by atoms with van der Waals surface area (Å²) in [4.78, 5) is 39.1. The topological polar surface area (TPSA) is 97.0 Å². The highest BCUT2D eigenvalue weighted by Crippen LogP contribution is 2.32. The molecule has 0 unspecified atom stereocenters. The summed E-state index contributed by atoms with van der Waals surface area (Å²) in [5.41, 5.74) is 2.02. The van der Waals surface area contributed by atoms with Gasteiger partial charge in [0.1, 0.15) is 18.5 Å². The second-order valence-corrected chi connectivity index (χ2v) is 8.75. The molecule has 0 spiro atoms. The number of likely N-dealkylation sites (N-methyl/N-ethyl adjacent to an activating group) is 1. The lowest BCUT2D eigenvalue weighted by molar-refractivity contribution is -0.134. The van der Waals surface area contributed by atoms with Gasteiger partial charge in [0.15, 0.2) is 0 Å². The number of rotatable bonds is 6. The SMILES string of the molecule is CCC(=O)Nc1ccc2c(c1)C(=O)N(C)[C@H]1CC[C@H](CC(=O)NCc3ccccc3)O[C@H]1CO2. The fourth-order valence-electron chi connectivity index (χ4n) is 4.43. The predicted octanol–water partition coefficient (Wildman–Crippen LogP) is 3.12. The zero-order valence-electron chi connectivity index (χ0n) is 19.6. The van der Waals surface area contributed by atoms with Gasteiger partial charge in [-0.05, 0) is 36.6 Å². The van der Waals surface area contributed by atoms with E-state index in [2.05, 4.69) is 10.6 Å². The number of fused-ring (bicyclic) bond motifs is 2. The van der Waals surface area contributed by atoms with Crippen molar-refractivity contribution in [3.8, 4) is 5.75 Å². The van der Waals surface area contributed by atoms with Crippen LogP contribution in [0, 0.1) is 0 Å². The number of hydrogen-bond acceptors (Lipinski definition) is 5. The number of amides is 3. The molecule has 8 nitrogen and oxygen atoms in total. The van der Waals surface area contributed by atoms with Crippen LogP contribution in [0.3, 0.4) is 0 Å². The number of anilines is 1. The molecule has 2 heterocycles. The Labute approximate surface area is 199 Å². The second-order valence-electron chi connectivity index (χ2n) is 8.75. The van der Waals surface area contributed by atoms with Gasteiger partial charge in [-0.1, -0.05) is 37.3 Å². The number of hydrogen-bond donors (Lipinski definition) is 2. The first-order valence-electron chi connectivity index (χ1n) is 11.7. The predicted molar refractivity (Wildman–Crippen MR) is 128 cm³/mol. The van der Waals surface area contributed by atoms with Crippen molar-refractivity contribution in [2.75, 3.05) is 19.0 Å². The minimum Gasteiger partial charge on any atom is -0.490 e. The Bertz CT molecular complexity index is 1040. The molecule has 1 saturated heterocycles. The van der Waals surface area contributed by atoms with Crippen molar-refractivity contribution in [2.45, 2.75) is 57.4 Å². The quantitative estimate of drug-likeness (QED) is 0.683. The molecule has 2 aliphatic heterocycles. The molecule has 0 radical (unpaired) electrons. The summed E-state index contributed by atoms with van der Waals surface area (Å²) in [7, 11) is 1.77. The zero-order chi connectivity index (χ0) is 24.1. The Hall–Kier alpha value is -3.39. The monoisotopic (exact) mass is 465 g/mol. The number of ether oxygens (including phenoxy) is 2. The molecule has 3 amide bonds. The van der Waals surface area contributed by atoms with E-state index in [4.69, 9.17) is 9.47 Å². The molecule has 2 aromatic rings. The normalized spacial score (nSPS) is 21.9. The molecule has 2 aliphatic rings. The van der Waals surface area contributed by atoms with E-state index in [0.29, 0.717) is 42.8 Å². The Morgan fingerprint density at radius 2 is 1.88 bits per heavy atom. The largest absolute Gasteiger partial charge is 0.490 e. The van der Waals surface area contributed by atoms with Crippen molar-refractivity contribution in [3.05, 3.63) is 59.7 Å². The van der Waals surface area contributed by atoms with E-state index >= 15 is 0 Å². The van der Waals surface area contributed by atoms with Gasteiger partial charge in [-0.2, -0.15) is 0 Å². The lowest BCUT2D eigenvalue weighted by Crippen LogP contribution is -2.53. The van der Waals surface area contributed by atoms with Crippen molar-refractivity contribution < 1.29 is 23.9 Å². The maximum atomic E-state index is 13.2. The maximum Gasteiger partial charge on any atom is 0.257 e. The maximum absolute atomic E-state index is 13.2. The van der Waals surface area contributed by atoms with E-state index in [-0.39, 0.29) is 49.0 Å². The molecular weight excluding hydrogens is 434 g/mol. The summed E-state index contributed by atoms with van der Waals surface area (Å²) in [6, 6.07) is 14.7. The summed E-state index contributed by atoms with van der Waals surface area (Å²) < 4.78 is 12.2. The molecule has 8 heteroatoms. The molecule has 1 fully saturated rings. The summed E-state index contributed by atoms with van der Waals surface area (Å²) >= 11 is 0. The number of carbonyl (C=O) groups is 3. The van der Waals surface area contributed by atoms with E-state index in [1.54, 1.807) is 37.1 Å². The minimum absolute atomic E-state index is 0.0597. The van der Waals surface area contributed by atoms with Gasteiger partial charge in [0, 0.05) is 25.7 Å². The smallest absolute Gasteiger partial charge is 0.257 e. The van der Waals surface area contributed by atoms with Gasteiger partial charge in [0.25, 0.3) is 5.91 Å². The Morgan fingerprint density at radius 3 is 2.65 bits per heavy atom. The van der Waals surface area contributed by atoms with Crippen LogP contribution in [0.4, 0.5) is 5.69 Å². The van der Waals surface area contributed by atoms with Crippen LogP contribution >= 0.6 is 0 Å². The first-order valence-corrected chi connectivity index (χ1v) is 11.7. The highest BCUT2D eigenvalue weighted by molar-refractivity contribution is 5.99. The molecule has 180 valence electrons. The Morgan fingerprint density at radius 1 is 1.09 bits per heavy atom. The lowest BCUT2D eigenvalue weighted by atomic mass is 9.94. The zero-order valence-corrected chi connectivity index (χ0v) is 19.6. The highest BCUT2D eigenvalue weighted by atomic mass is 16.5. The van der Waals surface area contributed by atoms with E-state index in [0.717, 1.165) is 5.56 Å². The third kappa shape index (κ3) is 5.56. The summed E-state index contributed by atoms with van der Waals surface area (Å²) in [5.74, 6) is 0.0960. The fourth-order valence-corrected chi connectivity index (χ4v) is 4.43. The van der Waals surface area contributed by atoms with Crippen LogP contribution in [0.5, 0.6) is 5.75 Å². The first-order chi connectivity index (χ1) is 16.4. The number of carbonyl (C=O) groups excluding carboxylic acids is 3. The number of nitrogens with zero attached hydrogens (tertiary/aromatic N) is 1. The average Bonchev–Trinajstić information content (AvgIpc) is 2.86. The molecule has 0 aliphatic carbocycles. The average molecular weight is 466 g/mol. The van der Waals surface area contributed by atoms with Gasteiger partial charge >= 0.3 is 0 Å². The fraction of sp³-hybridized carbons (Fsp3) is 0.423. The first kappa shape index (κ1) is 23.8. The van der Waals surface area contributed by atoms with E-state index in [1.165, 1.54) is 0 Å². The molecule has 2 N–H and O–H groups in total. The van der Waals surface area contributed by atoms with Crippen LogP contribution in [0.15, 0.2) is 48.5 Å². The van der Waals surface area contributed by atoms with E-state index < -0.39 is 0 Å². The number of nitrogens with one attached hydrogen (secondary N) is 2. The second kappa shape index (κ2) is 10.7. The molecular formula is C26H31N3O5. The van der Waals surface area contributed by atoms with Crippen LogP contribution in [0.2, 0.25) is 0 Å². The van der Waals surface area contributed by atoms with Gasteiger partial charge in [-0.25, -0.2) is 0 Å².